The molecular weight excluding hydrogens is 218 g/mol. The van der Waals surface area contributed by atoms with Gasteiger partial charge in [-0.25, -0.2) is 0 Å². The van der Waals surface area contributed by atoms with Gasteiger partial charge >= 0.3 is 0 Å². The van der Waals surface area contributed by atoms with E-state index in [1.165, 1.54) is 0 Å². The van der Waals surface area contributed by atoms with Gasteiger partial charge in [0.2, 0.25) is 0 Å². The maximum atomic E-state index is 5.54. The second-order valence-corrected chi connectivity index (χ2v) is 4.00. The van der Waals surface area contributed by atoms with Gasteiger partial charge in [-0.1, -0.05) is 12.1 Å². The number of hydrogen-bond acceptors (Lipinski definition) is 4. The van der Waals surface area contributed by atoms with Crippen LogP contribution in [0.25, 0.3) is 0 Å². The lowest BCUT2D eigenvalue weighted by Crippen LogP contribution is -2.45. The van der Waals surface area contributed by atoms with Crippen LogP contribution in [-0.4, -0.2) is 33.0 Å². The Morgan fingerprint density at radius 2 is 2.24 bits per heavy atom. The molecule has 1 N–H and O–H groups in total. The summed E-state index contributed by atoms with van der Waals surface area (Å²) in [6.07, 6.45) is 0. The zero-order chi connectivity index (χ0) is 12.1. The van der Waals surface area contributed by atoms with Crippen LogP contribution in [0.15, 0.2) is 18.2 Å². The van der Waals surface area contributed by atoms with E-state index < -0.39 is 0 Å². The molecule has 0 aliphatic carbocycles. The average Bonchev–Trinajstić information content (AvgIpc) is 2.28. The molecule has 0 amide bonds. The molecule has 1 heterocycles. The fourth-order valence-electron chi connectivity index (χ4n) is 1.81. The molecule has 0 saturated carbocycles. The van der Waals surface area contributed by atoms with Crippen LogP contribution in [0.4, 0.5) is 0 Å². The highest BCUT2D eigenvalue weighted by Gasteiger charge is 2.18. The molecule has 4 nitrogen and oxygen atoms in total. The first kappa shape index (κ1) is 12.2. The van der Waals surface area contributed by atoms with Crippen molar-refractivity contribution >= 4 is 0 Å². The highest BCUT2D eigenvalue weighted by atomic mass is 16.5. The van der Waals surface area contributed by atoms with Crippen LogP contribution >= 0.6 is 0 Å². The lowest BCUT2D eigenvalue weighted by molar-refractivity contribution is -0.00585. The van der Waals surface area contributed by atoms with Crippen LogP contribution in [0.5, 0.6) is 11.5 Å². The number of nitrogens with one attached hydrogen (secondary N) is 1. The standard InChI is InChI=1S/C13H19NO3/c1-3-17-12-6-4-5-10(13(12)15-2)7-14-11-8-16-9-11/h4-6,11,14H,3,7-9H2,1-2H3. The van der Waals surface area contributed by atoms with Gasteiger partial charge in [0.05, 0.1) is 33.0 Å². The maximum Gasteiger partial charge on any atom is 0.165 e. The van der Waals surface area contributed by atoms with Crippen LogP contribution in [0.2, 0.25) is 0 Å². The van der Waals surface area contributed by atoms with Gasteiger partial charge in [-0.3, -0.25) is 0 Å². The van der Waals surface area contributed by atoms with E-state index in [0.29, 0.717) is 12.6 Å². The third-order valence-electron chi connectivity index (χ3n) is 2.78. The third kappa shape index (κ3) is 2.90. The topological polar surface area (TPSA) is 39.7 Å². The Morgan fingerprint density at radius 1 is 1.41 bits per heavy atom. The van der Waals surface area contributed by atoms with Gasteiger partial charge in [-0.2, -0.15) is 0 Å². The molecule has 0 unspecified atom stereocenters. The van der Waals surface area contributed by atoms with Crippen LogP contribution in [-0.2, 0) is 11.3 Å². The van der Waals surface area contributed by atoms with Crippen molar-refractivity contribution in [3.05, 3.63) is 23.8 Å². The number of ether oxygens (including phenoxy) is 3. The van der Waals surface area contributed by atoms with Crippen LogP contribution in [0.1, 0.15) is 12.5 Å². The molecule has 0 radical (unpaired) electrons. The molecule has 94 valence electrons. The Bertz CT molecular complexity index is 364. The Morgan fingerprint density at radius 3 is 2.82 bits per heavy atom. The number of methoxy groups -OCH3 is 1. The van der Waals surface area contributed by atoms with E-state index in [0.717, 1.165) is 36.8 Å². The molecule has 0 spiro atoms. The van der Waals surface area contributed by atoms with E-state index in [1.54, 1.807) is 7.11 Å². The van der Waals surface area contributed by atoms with E-state index in [4.69, 9.17) is 14.2 Å². The van der Waals surface area contributed by atoms with Crippen molar-refractivity contribution in [1.29, 1.82) is 0 Å². The zero-order valence-corrected chi connectivity index (χ0v) is 10.4. The second kappa shape index (κ2) is 5.89. The highest BCUT2D eigenvalue weighted by molar-refractivity contribution is 5.46. The number of hydrogen-bond donors (Lipinski definition) is 1. The quantitative estimate of drug-likeness (QED) is 0.815. The second-order valence-electron chi connectivity index (χ2n) is 4.00. The van der Waals surface area contributed by atoms with Gasteiger partial charge in [-0.05, 0) is 13.0 Å². The van der Waals surface area contributed by atoms with E-state index in [1.807, 2.05) is 25.1 Å². The number of para-hydroxylation sites is 1. The minimum Gasteiger partial charge on any atom is -0.493 e. The van der Waals surface area contributed by atoms with E-state index in [9.17, 15) is 0 Å². The zero-order valence-electron chi connectivity index (χ0n) is 10.4. The lowest BCUT2D eigenvalue weighted by atomic mass is 10.1. The van der Waals surface area contributed by atoms with Crippen molar-refractivity contribution in [3.8, 4) is 11.5 Å². The molecule has 1 saturated heterocycles. The number of rotatable bonds is 6. The average molecular weight is 237 g/mol. The fraction of sp³-hybridized carbons (Fsp3) is 0.538. The largest absolute Gasteiger partial charge is 0.493 e. The molecule has 4 heteroatoms. The first-order valence-corrected chi connectivity index (χ1v) is 5.95. The first-order valence-electron chi connectivity index (χ1n) is 5.95. The predicted molar refractivity (Wildman–Crippen MR) is 65.6 cm³/mol. The summed E-state index contributed by atoms with van der Waals surface area (Å²) in [5, 5.41) is 3.42. The minimum absolute atomic E-state index is 0.468. The molecule has 17 heavy (non-hydrogen) atoms. The summed E-state index contributed by atoms with van der Waals surface area (Å²) in [6.45, 7) is 4.98. The van der Waals surface area contributed by atoms with Crippen LogP contribution < -0.4 is 14.8 Å². The van der Waals surface area contributed by atoms with Gasteiger partial charge in [-0.15, -0.1) is 0 Å². The Labute approximate surface area is 102 Å². The Balaban J connectivity index is 2.05. The summed E-state index contributed by atoms with van der Waals surface area (Å²) < 4.78 is 16.1. The molecular formula is C13H19NO3. The molecule has 1 aliphatic heterocycles. The SMILES string of the molecule is CCOc1cccc(CNC2COC2)c1OC. The molecule has 0 aromatic heterocycles. The first-order chi connectivity index (χ1) is 8.35. The van der Waals surface area contributed by atoms with Gasteiger partial charge in [0.1, 0.15) is 0 Å². The molecule has 1 aliphatic rings. The molecule has 2 rings (SSSR count). The summed E-state index contributed by atoms with van der Waals surface area (Å²) in [5.74, 6) is 1.63. The maximum absolute atomic E-state index is 5.54. The van der Waals surface area contributed by atoms with Crippen molar-refractivity contribution in [1.82, 2.24) is 5.32 Å². The summed E-state index contributed by atoms with van der Waals surface area (Å²) >= 11 is 0. The van der Waals surface area contributed by atoms with Gasteiger partial charge in [0.15, 0.2) is 11.5 Å². The van der Waals surface area contributed by atoms with Crippen molar-refractivity contribution in [3.63, 3.8) is 0 Å². The minimum atomic E-state index is 0.468. The van der Waals surface area contributed by atoms with Crippen molar-refractivity contribution in [2.45, 2.75) is 19.5 Å². The van der Waals surface area contributed by atoms with Crippen LogP contribution in [0.3, 0.4) is 0 Å². The van der Waals surface area contributed by atoms with Gasteiger partial charge < -0.3 is 19.5 Å². The molecule has 1 aromatic carbocycles. The molecule has 1 aromatic rings. The predicted octanol–water partition coefficient (Wildman–Crippen LogP) is 1.58. The van der Waals surface area contributed by atoms with E-state index >= 15 is 0 Å². The third-order valence-corrected chi connectivity index (χ3v) is 2.78. The van der Waals surface area contributed by atoms with Crippen LogP contribution in [0, 0.1) is 0 Å². The molecule has 1 fully saturated rings. The Hall–Kier alpha value is -1.26. The van der Waals surface area contributed by atoms with Crippen molar-refractivity contribution in [2.24, 2.45) is 0 Å². The lowest BCUT2D eigenvalue weighted by Gasteiger charge is -2.27. The summed E-state index contributed by atoms with van der Waals surface area (Å²) in [6, 6.07) is 6.43. The number of benzene rings is 1. The molecule has 0 bridgehead atoms. The monoisotopic (exact) mass is 237 g/mol. The highest BCUT2D eigenvalue weighted by Crippen LogP contribution is 2.31. The van der Waals surface area contributed by atoms with E-state index in [2.05, 4.69) is 5.32 Å². The fourth-order valence-corrected chi connectivity index (χ4v) is 1.81. The summed E-state index contributed by atoms with van der Waals surface area (Å²) in [7, 11) is 1.67. The van der Waals surface area contributed by atoms with Crippen molar-refractivity contribution in [2.75, 3.05) is 26.9 Å². The smallest absolute Gasteiger partial charge is 0.165 e. The van der Waals surface area contributed by atoms with Crippen molar-refractivity contribution < 1.29 is 14.2 Å². The summed E-state index contributed by atoms with van der Waals surface area (Å²) in [5.41, 5.74) is 1.12. The molecule has 0 atom stereocenters. The normalized spacial score (nSPS) is 15.4. The van der Waals surface area contributed by atoms with Gasteiger partial charge in [0, 0.05) is 12.1 Å². The van der Waals surface area contributed by atoms with Gasteiger partial charge in [0.25, 0.3) is 0 Å². The van der Waals surface area contributed by atoms with E-state index in [-0.39, 0.29) is 0 Å². The Kier molecular flexibility index (Phi) is 4.23. The summed E-state index contributed by atoms with van der Waals surface area (Å²) in [4.78, 5) is 0.